The van der Waals surface area contributed by atoms with Crippen LogP contribution in [0.2, 0.25) is 0 Å². The molecule has 0 spiro atoms. The molecule has 118 valence electrons. The lowest BCUT2D eigenvalue weighted by Gasteiger charge is -2.30. The van der Waals surface area contributed by atoms with Gasteiger partial charge in [0.25, 0.3) is 0 Å². The summed E-state index contributed by atoms with van der Waals surface area (Å²) < 4.78 is 24.2. The molecule has 0 unspecified atom stereocenters. The molecule has 1 aliphatic heterocycles. The smallest absolute Gasteiger partial charge is 0.315 e. The van der Waals surface area contributed by atoms with Crippen molar-refractivity contribution in [2.45, 2.75) is 51.5 Å². The average molecular weight is 305 g/mol. The van der Waals surface area contributed by atoms with Crippen LogP contribution in [-0.2, 0) is 10.0 Å². The topological polar surface area (TPSA) is 78.5 Å². The number of piperidine rings is 1. The van der Waals surface area contributed by atoms with Crippen LogP contribution in [0.25, 0.3) is 0 Å². The van der Waals surface area contributed by atoms with Crippen molar-refractivity contribution < 1.29 is 13.2 Å². The zero-order valence-electron chi connectivity index (χ0n) is 12.5. The predicted molar refractivity (Wildman–Crippen MR) is 80.1 cm³/mol. The van der Waals surface area contributed by atoms with Crippen LogP contribution < -0.4 is 10.6 Å². The van der Waals surface area contributed by atoms with Crippen LogP contribution in [0.5, 0.6) is 0 Å². The minimum absolute atomic E-state index is 0.0728. The van der Waals surface area contributed by atoms with Crippen molar-refractivity contribution in [2.75, 3.05) is 25.9 Å². The van der Waals surface area contributed by atoms with Crippen LogP contribution in [-0.4, -0.2) is 50.7 Å². The fraction of sp³-hybridized carbons (Fsp3) is 0.923. The lowest BCUT2D eigenvalue weighted by atomic mass is 10.1. The number of amides is 2. The van der Waals surface area contributed by atoms with Crippen LogP contribution in [0.3, 0.4) is 0 Å². The van der Waals surface area contributed by atoms with Gasteiger partial charge in [-0.15, -0.1) is 0 Å². The molecule has 0 atom stereocenters. The van der Waals surface area contributed by atoms with E-state index in [0.29, 0.717) is 32.5 Å². The van der Waals surface area contributed by atoms with Crippen molar-refractivity contribution in [3.63, 3.8) is 0 Å². The Morgan fingerprint density at radius 1 is 1.20 bits per heavy atom. The van der Waals surface area contributed by atoms with Crippen LogP contribution in [0.4, 0.5) is 4.79 Å². The SMILES string of the molecule is CCCCCCNC(=O)NC1CCN(S(C)(=O)=O)CC1. The van der Waals surface area contributed by atoms with E-state index in [4.69, 9.17) is 0 Å². The number of sulfonamides is 1. The number of urea groups is 1. The third-order valence-corrected chi connectivity index (χ3v) is 4.88. The van der Waals surface area contributed by atoms with E-state index in [-0.39, 0.29) is 12.1 Å². The van der Waals surface area contributed by atoms with Crippen molar-refractivity contribution in [3.8, 4) is 0 Å². The summed E-state index contributed by atoms with van der Waals surface area (Å²) in [7, 11) is -3.10. The summed E-state index contributed by atoms with van der Waals surface area (Å²) in [5.41, 5.74) is 0. The molecule has 0 aromatic rings. The number of hydrogen-bond acceptors (Lipinski definition) is 3. The molecular weight excluding hydrogens is 278 g/mol. The molecule has 0 aromatic carbocycles. The van der Waals surface area contributed by atoms with Gasteiger partial charge in [0.05, 0.1) is 6.26 Å². The molecule has 1 aliphatic rings. The highest BCUT2D eigenvalue weighted by atomic mass is 32.2. The van der Waals surface area contributed by atoms with Gasteiger partial charge < -0.3 is 10.6 Å². The molecule has 1 saturated heterocycles. The summed E-state index contributed by atoms with van der Waals surface area (Å²) in [4.78, 5) is 11.7. The van der Waals surface area contributed by atoms with Crippen molar-refractivity contribution in [1.82, 2.24) is 14.9 Å². The maximum Gasteiger partial charge on any atom is 0.315 e. The first-order valence-corrected chi connectivity index (χ1v) is 9.27. The Morgan fingerprint density at radius 3 is 2.40 bits per heavy atom. The Kier molecular flexibility index (Phi) is 7.29. The highest BCUT2D eigenvalue weighted by Gasteiger charge is 2.25. The maximum atomic E-state index is 11.7. The molecule has 0 bridgehead atoms. The van der Waals surface area contributed by atoms with Gasteiger partial charge in [0.1, 0.15) is 0 Å². The Morgan fingerprint density at radius 2 is 1.85 bits per heavy atom. The molecule has 6 nitrogen and oxygen atoms in total. The van der Waals surface area contributed by atoms with Gasteiger partial charge in [-0.25, -0.2) is 17.5 Å². The van der Waals surface area contributed by atoms with Crippen molar-refractivity contribution in [3.05, 3.63) is 0 Å². The fourth-order valence-electron chi connectivity index (χ4n) is 2.32. The highest BCUT2D eigenvalue weighted by molar-refractivity contribution is 7.88. The summed E-state index contributed by atoms with van der Waals surface area (Å²) in [6, 6.07) is -0.0667. The third kappa shape index (κ3) is 6.56. The molecule has 7 heteroatoms. The molecule has 0 aliphatic carbocycles. The maximum absolute atomic E-state index is 11.7. The first-order valence-electron chi connectivity index (χ1n) is 7.43. The molecule has 0 aromatic heterocycles. The van der Waals surface area contributed by atoms with Crippen molar-refractivity contribution in [2.24, 2.45) is 0 Å². The summed E-state index contributed by atoms with van der Waals surface area (Å²) in [6.07, 6.45) is 7.12. The first kappa shape index (κ1) is 17.2. The predicted octanol–water partition coefficient (Wildman–Crippen LogP) is 1.29. The number of nitrogens with zero attached hydrogens (tertiary/aromatic N) is 1. The molecule has 1 heterocycles. The van der Waals surface area contributed by atoms with Crippen LogP contribution in [0.1, 0.15) is 45.4 Å². The van der Waals surface area contributed by atoms with Crippen molar-refractivity contribution >= 4 is 16.1 Å². The van der Waals surface area contributed by atoms with Crippen LogP contribution in [0, 0.1) is 0 Å². The Balaban J connectivity index is 2.15. The molecule has 2 N–H and O–H groups in total. The van der Waals surface area contributed by atoms with Gasteiger partial charge >= 0.3 is 6.03 Å². The summed E-state index contributed by atoms with van der Waals surface area (Å²) in [5, 5.41) is 5.76. The first-order chi connectivity index (χ1) is 9.43. The standard InChI is InChI=1S/C13H27N3O3S/c1-3-4-5-6-9-14-13(17)15-12-7-10-16(11-8-12)20(2,18)19/h12H,3-11H2,1-2H3,(H2,14,15,17). The van der Waals surface area contributed by atoms with E-state index in [1.54, 1.807) is 0 Å². The minimum atomic E-state index is -3.10. The molecule has 2 amide bonds. The molecule has 20 heavy (non-hydrogen) atoms. The highest BCUT2D eigenvalue weighted by Crippen LogP contribution is 2.12. The molecule has 0 radical (unpaired) electrons. The third-order valence-electron chi connectivity index (χ3n) is 3.57. The van der Waals surface area contributed by atoms with E-state index < -0.39 is 10.0 Å². The second-order valence-corrected chi connectivity index (χ2v) is 7.38. The Hall–Kier alpha value is -0.820. The number of carbonyl (C=O) groups excluding carboxylic acids is 1. The molecular formula is C13H27N3O3S. The van der Waals surface area contributed by atoms with E-state index in [0.717, 1.165) is 12.8 Å². The van der Waals surface area contributed by atoms with Crippen LogP contribution in [0.15, 0.2) is 0 Å². The summed E-state index contributed by atoms with van der Waals surface area (Å²) >= 11 is 0. The Bertz CT molecular complexity index is 390. The van der Waals surface area contributed by atoms with Gasteiger partial charge in [-0.2, -0.15) is 0 Å². The van der Waals surface area contributed by atoms with E-state index in [1.165, 1.54) is 23.4 Å². The van der Waals surface area contributed by atoms with Gasteiger partial charge in [-0.1, -0.05) is 26.2 Å². The molecule has 0 saturated carbocycles. The fourth-order valence-corrected chi connectivity index (χ4v) is 3.20. The number of nitrogens with one attached hydrogen (secondary N) is 2. The monoisotopic (exact) mass is 305 g/mol. The second-order valence-electron chi connectivity index (χ2n) is 5.40. The zero-order valence-corrected chi connectivity index (χ0v) is 13.3. The summed E-state index contributed by atoms with van der Waals surface area (Å²) in [6.45, 7) is 3.83. The lowest BCUT2D eigenvalue weighted by Crippen LogP contribution is -2.49. The second kappa shape index (κ2) is 8.46. The van der Waals surface area contributed by atoms with Crippen LogP contribution >= 0.6 is 0 Å². The van der Waals surface area contributed by atoms with Gasteiger partial charge in [-0.3, -0.25) is 0 Å². The normalized spacial score (nSPS) is 17.9. The number of carbonyl (C=O) groups is 1. The number of rotatable bonds is 7. The van der Waals surface area contributed by atoms with E-state index in [9.17, 15) is 13.2 Å². The zero-order chi connectivity index (χ0) is 15.0. The van der Waals surface area contributed by atoms with E-state index >= 15 is 0 Å². The average Bonchev–Trinajstić information content (AvgIpc) is 2.38. The lowest BCUT2D eigenvalue weighted by molar-refractivity contribution is 0.227. The minimum Gasteiger partial charge on any atom is -0.338 e. The largest absolute Gasteiger partial charge is 0.338 e. The van der Waals surface area contributed by atoms with Gasteiger partial charge in [0, 0.05) is 25.7 Å². The van der Waals surface area contributed by atoms with Gasteiger partial charge in [0.15, 0.2) is 0 Å². The van der Waals surface area contributed by atoms with Crippen molar-refractivity contribution in [1.29, 1.82) is 0 Å². The quantitative estimate of drug-likeness (QED) is 0.696. The van der Waals surface area contributed by atoms with Gasteiger partial charge in [-0.05, 0) is 19.3 Å². The Labute approximate surface area is 122 Å². The number of unbranched alkanes of at least 4 members (excludes halogenated alkanes) is 3. The number of hydrogen-bond donors (Lipinski definition) is 2. The van der Waals surface area contributed by atoms with Gasteiger partial charge in [0.2, 0.25) is 10.0 Å². The van der Waals surface area contributed by atoms with E-state index in [1.807, 2.05) is 0 Å². The van der Waals surface area contributed by atoms with E-state index in [2.05, 4.69) is 17.6 Å². The molecule has 1 fully saturated rings. The molecule has 1 rings (SSSR count). The summed E-state index contributed by atoms with van der Waals surface area (Å²) in [5.74, 6) is 0.